The molecule has 1 aromatic heterocycles. The molecule has 1 atom stereocenters. The summed E-state index contributed by atoms with van der Waals surface area (Å²) in [5, 5.41) is 2.93. The first kappa shape index (κ1) is 18.1. The fourth-order valence-electron chi connectivity index (χ4n) is 2.99. The molecule has 0 aliphatic carbocycles. The van der Waals surface area contributed by atoms with Crippen molar-refractivity contribution in [3.63, 3.8) is 0 Å². The van der Waals surface area contributed by atoms with E-state index in [4.69, 9.17) is 9.47 Å². The van der Waals surface area contributed by atoms with E-state index in [1.165, 1.54) is 0 Å². The number of amides is 1. The quantitative estimate of drug-likeness (QED) is 0.855. The SMILES string of the molecule is CNc1cnc(C(=O)N2CC[C@@](COc3cccc(C)c3)(OC)C2)nc1. The predicted octanol–water partition coefficient (Wildman–Crippen LogP) is 2.14. The van der Waals surface area contributed by atoms with Gasteiger partial charge in [-0.2, -0.15) is 0 Å². The zero-order valence-electron chi connectivity index (χ0n) is 15.4. The highest BCUT2D eigenvalue weighted by molar-refractivity contribution is 5.90. The van der Waals surface area contributed by atoms with Crippen molar-refractivity contribution in [1.29, 1.82) is 0 Å². The molecular weight excluding hydrogens is 332 g/mol. The molecule has 3 rings (SSSR count). The Morgan fingerprint density at radius 1 is 1.35 bits per heavy atom. The van der Waals surface area contributed by atoms with E-state index in [0.29, 0.717) is 26.1 Å². The third kappa shape index (κ3) is 3.94. The van der Waals surface area contributed by atoms with Crippen molar-refractivity contribution in [2.75, 3.05) is 39.2 Å². The van der Waals surface area contributed by atoms with Gasteiger partial charge in [0.1, 0.15) is 18.0 Å². The van der Waals surface area contributed by atoms with Gasteiger partial charge in [-0.25, -0.2) is 9.97 Å². The van der Waals surface area contributed by atoms with Crippen LogP contribution in [0, 0.1) is 6.92 Å². The summed E-state index contributed by atoms with van der Waals surface area (Å²) in [6.45, 7) is 3.44. The molecule has 2 aromatic rings. The van der Waals surface area contributed by atoms with E-state index in [1.807, 2.05) is 31.2 Å². The van der Waals surface area contributed by atoms with Gasteiger partial charge >= 0.3 is 0 Å². The van der Waals surface area contributed by atoms with E-state index in [1.54, 1.807) is 31.5 Å². The Morgan fingerprint density at radius 2 is 2.12 bits per heavy atom. The standard InChI is InChI=1S/C19H24N4O3/c1-14-5-4-6-16(9-14)26-13-19(25-3)7-8-23(12-19)18(24)17-21-10-15(20-2)11-22-17/h4-6,9-11,20H,7-8,12-13H2,1-3H3/t19-/m1/s1. The molecule has 0 bridgehead atoms. The van der Waals surface area contributed by atoms with Crippen molar-refractivity contribution >= 4 is 11.6 Å². The fraction of sp³-hybridized carbons (Fsp3) is 0.421. The summed E-state index contributed by atoms with van der Waals surface area (Å²) >= 11 is 0. The van der Waals surface area contributed by atoms with Crippen LogP contribution in [0.1, 0.15) is 22.6 Å². The summed E-state index contributed by atoms with van der Waals surface area (Å²) in [4.78, 5) is 22.6. The monoisotopic (exact) mass is 356 g/mol. The van der Waals surface area contributed by atoms with Crippen LogP contribution in [0.15, 0.2) is 36.7 Å². The molecule has 0 saturated carbocycles. The maximum absolute atomic E-state index is 12.7. The summed E-state index contributed by atoms with van der Waals surface area (Å²) in [5.74, 6) is 0.801. The maximum Gasteiger partial charge on any atom is 0.291 e. The number of ether oxygens (including phenoxy) is 2. The van der Waals surface area contributed by atoms with Crippen molar-refractivity contribution < 1.29 is 14.3 Å². The van der Waals surface area contributed by atoms with E-state index in [0.717, 1.165) is 17.0 Å². The van der Waals surface area contributed by atoms with Crippen LogP contribution in [-0.4, -0.2) is 60.2 Å². The summed E-state index contributed by atoms with van der Waals surface area (Å²) in [5.41, 5.74) is 1.38. The smallest absolute Gasteiger partial charge is 0.291 e. The van der Waals surface area contributed by atoms with Crippen molar-refractivity contribution in [3.05, 3.63) is 48.0 Å². The van der Waals surface area contributed by atoms with E-state index in [2.05, 4.69) is 15.3 Å². The molecule has 138 valence electrons. The number of carbonyl (C=O) groups is 1. The topological polar surface area (TPSA) is 76.6 Å². The van der Waals surface area contributed by atoms with Crippen LogP contribution in [0.5, 0.6) is 5.75 Å². The Labute approximate surface area is 153 Å². The molecule has 2 heterocycles. The Balaban J connectivity index is 1.64. The van der Waals surface area contributed by atoms with Crippen LogP contribution in [0.3, 0.4) is 0 Å². The Bertz CT molecular complexity index is 766. The third-order valence-electron chi connectivity index (χ3n) is 4.66. The van der Waals surface area contributed by atoms with Crippen molar-refractivity contribution in [1.82, 2.24) is 14.9 Å². The third-order valence-corrected chi connectivity index (χ3v) is 4.66. The first-order valence-electron chi connectivity index (χ1n) is 8.59. The highest BCUT2D eigenvalue weighted by atomic mass is 16.5. The molecule has 1 amide bonds. The first-order valence-corrected chi connectivity index (χ1v) is 8.59. The van der Waals surface area contributed by atoms with Gasteiger partial charge in [-0.15, -0.1) is 0 Å². The molecule has 7 nitrogen and oxygen atoms in total. The molecule has 1 aliphatic rings. The Morgan fingerprint density at radius 3 is 2.77 bits per heavy atom. The molecule has 1 aromatic carbocycles. The number of aryl methyl sites for hydroxylation is 1. The second-order valence-electron chi connectivity index (χ2n) is 6.51. The zero-order valence-corrected chi connectivity index (χ0v) is 15.4. The molecular formula is C19H24N4O3. The minimum atomic E-state index is -0.523. The highest BCUT2D eigenvalue weighted by Crippen LogP contribution is 2.27. The molecule has 7 heteroatoms. The van der Waals surface area contributed by atoms with Gasteiger partial charge in [-0.3, -0.25) is 4.79 Å². The molecule has 26 heavy (non-hydrogen) atoms. The number of anilines is 1. The molecule has 1 N–H and O–H groups in total. The maximum atomic E-state index is 12.7. The lowest BCUT2D eigenvalue weighted by Crippen LogP contribution is -2.42. The number of rotatable bonds is 6. The first-order chi connectivity index (χ1) is 12.5. The Hall–Kier alpha value is -2.67. The minimum absolute atomic E-state index is 0.190. The summed E-state index contributed by atoms with van der Waals surface area (Å²) in [6, 6.07) is 7.89. The van der Waals surface area contributed by atoms with Crippen LogP contribution in [-0.2, 0) is 4.74 Å². The average Bonchev–Trinajstić information content (AvgIpc) is 3.11. The predicted molar refractivity (Wildman–Crippen MR) is 98.5 cm³/mol. The molecule has 1 aliphatic heterocycles. The highest BCUT2D eigenvalue weighted by Gasteiger charge is 2.41. The van der Waals surface area contributed by atoms with E-state index < -0.39 is 5.60 Å². The molecule has 0 radical (unpaired) electrons. The second kappa shape index (κ2) is 7.70. The van der Waals surface area contributed by atoms with Gasteiger partial charge in [0.25, 0.3) is 5.91 Å². The number of benzene rings is 1. The lowest BCUT2D eigenvalue weighted by atomic mass is 10.0. The second-order valence-corrected chi connectivity index (χ2v) is 6.51. The van der Waals surface area contributed by atoms with Gasteiger partial charge < -0.3 is 19.7 Å². The van der Waals surface area contributed by atoms with Crippen LogP contribution in [0.25, 0.3) is 0 Å². The summed E-state index contributed by atoms with van der Waals surface area (Å²) in [7, 11) is 3.44. The molecule has 0 spiro atoms. The largest absolute Gasteiger partial charge is 0.491 e. The number of nitrogens with zero attached hydrogens (tertiary/aromatic N) is 3. The van der Waals surface area contributed by atoms with Gasteiger partial charge in [-0.1, -0.05) is 12.1 Å². The van der Waals surface area contributed by atoms with Crippen LogP contribution in [0.2, 0.25) is 0 Å². The van der Waals surface area contributed by atoms with E-state index in [9.17, 15) is 4.79 Å². The van der Waals surface area contributed by atoms with Gasteiger partial charge in [0.05, 0.1) is 24.6 Å². The fourth-order valence-corrected chi connectivity index (χ4v) is 2.99. The van der Waals surface area contributed by atoms with Gasteiger partial charge in [0.15, 0.2) is 0 Å². The van der Waals surface area contributed by atoms with E-state index in [-0.39, 0.29) is 11.7 Å². The van der Waals surface area contributed by atoms with Crippen LogP contribution in [0.4, 0.5) is 5.69 Å². The Kier molecular flexibility index (Phi) is 5.37. The lowest BCUT2D eigenvalue weighted by molar-refractivity contribution is -0.0343. The average molecular weight is 356 g/mol. The minimum Gasteiger partial charge on any atom is -0.491 e. The van der Waals surface area contributed by atoms with Crippen LogP contribution >= 0.6 is 0 Å². The van der Waals surface area contributed by atoms with Crippen molar-refractivity contribution in [2.24, 2.45) is 0 Å². The van der Waals surface area contributed by atoms with E-state index >= 15 is 0 Å². The molecule has 1 saturated heterocycles. The van der Waals surface area contributed by atoms with Crippen molar-refractivity contribution in [2.45, 2.75) is 18.9 Å². The molecule has 1 fully saturated rings. The lowest BCUT2D eigenvalue weighted by Gasteiger charge is -2.27. The molecule has 0 unspecified atom stereocenters. The van der Waals surface area contributed by atoms with Crippen molar-refractivity contribution in [3.8, 4) is 5.75 Å². The number of hydrogen-bond donors (Lipinski definition) is 1. The zero-order chi connectivity index (χ0) is 18.6. The number of aromatic nitrogens is 2. The van der Waals surface area contributed by atoms with Crippen LogP contribution < -0.4 is 10.1 Å². The van der Waals surface area contributed by atoms with Gasteiger partial charge in [-0.05, 0) is 31.0 Å². The number of nitrogens with one attached hydrogen (secondary N) is 1. The number of carbonyl (C=O) groups excluding carboxylic acids is 1. The number of methoxy groups -OCH3 is 1. The summed E-state index contributed by atoms with van der Waals surface area (Å²) < 4.78 is 11.7. The normalized spacial score (nSPS) is 19.4. The van der Waals surface area contributed by atoms with Gasteiger partial charge in [0, 0.05) is 20.7 Å². The van der Waals surface area contributed by atoms with Gasteiger partial charge in [0.2, 0.25) is 5.82 Å². The number of likely N-dealkylation sites (tertiary alicyclic amines) is 1. The number of hydrogen-bond acceptors (Lipinski definition) is 6. The summed E-state index contributed by atoms with van der Waals surface area (Å²) in [6.07, 6.45) is 3.90.